The van der Waals surface area contributed by atoms with Gasteiger partial charge in [-0.1, -0.05) is 41.9 Å². The van der Waals surface area contributed by atoms with Crippen LogP contribution in [0.5, 0.6) is 0 Å². The number of rotatable bonds is 2. The van der Waals surface area contributed by atoms with E-state index in [4.69, 9.17) is 11.6 Å². The maximum Gasteiger partial charge on any atom is 0.328 e. The predicted octanol–water partition coefficient (Wildman–Crippen LogP) is 2.76. The minimum absolute atomic E-state index is 0.383. The standard InChI is InChI=1S/C18H12BrClN4O3/c19-14-13(10-6-8-11(20)9-7-10)18(15(25)21-17(27)22-16(18)26)24(23-14)12-4-2-1-3-5-12/h1-9,13H,(H2,21,22,25,26,27). The molecule has 136 valence electrons. The summed E-state index contributed by atoms with van der Waals surface area (Å²) in [6.45, 7) is 0. The number of amides is 4. The van der Waals surface area contributed by atoms with Gasteiger partial charge in [-0.3, -0.25) is 20.2 Å². The smallest absolute Gasteiger partial charge is 0.275 e. The topological polar surface area (TPSA) is 90.9 Å². The first-order chi connectivity index (χ1) is 12.9. The molecule has 1 spiro atoms. The van der Waals surface area contributed by atoms with Crippen molar-refractivity contribution in [3.63, 3.8) is 0 Å². The van der Waals surface area contributed by atoms with Gasteiger partial charge in [-0.2, -0.15) is 5.10 Å². The molecule has 2 aliphatic rings. The number of imide groups is 2. The number of nitrogens with one attached hydrogen (secondary N) is 2. The fraction of sp³-hybridized carbons (Fsp3) is 0.111. The van der Waals surface area contributed by atoms with E-state index < -0.39 is 29.3 Å². The van der Waals surface area contributed by atoms with Gasteiger partial charge in [-0.15, -0.1) is 0 Å². The number of urea groups is 1. The van der Waals surface area contributed by atoms with E-state index in [0.29, 0.717) is 20.9 Å². The first-order valence-corrected chi connectivity index (χ1v) is 9.13. The molecular formula is C18H12BrClN4O3. The Bertz CT molecular complexity index is 958. The van der Waals surface area contributed by atoms with Crippen LogP contribution >= 0.6 is 27.5 Å². The molecule has 4 amide bonds. The van der Waals surface area contributed by atoms with Crippen LogP contribution in [0.4, 0.5) is 10.5 Å². The fourth-order valence-electron chi connectivity index (χ4n) is 3.38. The second-order valence-corrected chi connectivity index (χ2v) is 7.31. The Balaban J connectivity index is 1.94. The lowest BCUT2D eigenvalue weighted by Gasteiger charge is -2.40. The second kappa shape index (κ2) is 6.47. The van der Waals surface area contributed by atoms with Gasteiger partial charge in [0.2, 0.25) is 5.54 Å². The molecule has 1 fully saturated rings. The van der Waals surface area contributed by atoms with Crippen LogP contribution in [0.2, 0.25) is 5.02 Å². The van der Waals surface area contributed by atoms with Crippen LogP contribution in [0.3, 0.4) is 0 Å². The first kappa shape index (κ1) is 17.7. The molecule has 2 N–H and O–H groups in total. The zero-order valence-corrected chi connectivity index (χ0v) is 16.0. The summed E-state index contributed by atoms with van der Waals surface area (Å²) in [5.41, 5.74) is -0.624. The molecule has 2 heterocycles. The quantitative estimate of drug-likeness (QED) is 0.693. The average Bonchev–Trinajstić information content (AvgIpc) is 2.96. The molecule has 0 bridgehead atoms. The number of halogens is 2. The normalized spacial score (nSPS) is 21.1. The summed E-state index contributed by atoms with van der Waals surface area (Å²) >= 11 is 9.39. The van der Waals surface area contributed by atoms with E-state index in [-0.39, 0.29) is 0 Å². The Morgan fingerprint density at radius 1 is 0.963 bits per heavy atom. The lowest BCUT2D eigenvalue weighted by Crippen LogP contribution is -2.73. The van der Waals surface area contributed by atoms with Crippen LogP contribution in [0, 0.1) is 0 Å². The summed E-state index contributed by atoms with van der Waals surface area (Å²) in [4.78, 5) is 37.8. The van der Waals surface area contributed by atoms with E-state index in [1.54, 1.807) is 48.5 Å². The van der Waals surface area contributed by atoms with Gasteiger partial charge in [0.05, 0.1) is 11.6 Å². The molecule has 0 aliphatic carbocycles. The lowest BCUT2D eigenvalue weighted by molar-refractivity contribution is -0.138. The van der Waals surface area contributed by atoms with E-state index in [9.17, 15) is 14.4 Å². The summed E-state index contributed by atoms with van der Waals surface area (Å²) in [5, 5.41) is 10.7. The number of hydrogen-bond donors (Lipinski definition) is 2. The van der Waals surface area contributed by atoms with Crippen LogP contribution in [0.15, 0.2) is 59.7 Å². The van der Waals surface area contributed by atoms with E-state index in [1.165, 1.54) is 5.01 Å². The monoisotopic (exact) mass is 446 g/mol. The highest BCUT2D eigenvalue weighted by Crippen LogP contribution is 2.46. The molecule has 2 aromatic rings. The second-order valence-electron chi connectivity index (χ2n) is 6.06. The number of carbonyl (C=O) groups is 3. The first-order valence-electron chi connectivity index (χ1n) is 7.96. The van der Waals surface area contributed by atoms with Crippen LogP contribution < -0.4 is 15.6 Å². The van der Waals surface area contributed by atoms with Gasteiger partial charge in [0, 0.05) is 5.02 Å². The van der Waals surface area contributed by atoms with Crippen molar-refractivity contribution in [3.05, 3.63) is 65.2 Å². The van der Waals surface area contributed by atoms with Crippen LogP contribution in [0.1, 0.15) is 11.5 Å². The number of anilines is 1. The zero-order chi connectivity index (χ0) is 19.2. The number of para-hydroxylation sites is 1. The maximum atomic E-state index is 13.1. The highest BCUT2D eigenvalue weighted by atomic mass is 79.9. The number of hydrazone groups is 1. The number of barbiturate groups is 1. The molecule has 4 rings (SSSR count). The van der Waals surface area contributed by atoms with E-state index in [1.807, 2.05) is 6.07 Å². The van der Waals surface area contributed by atoms with Crippen molar-refractivity contribution >= 4 is 55.7 Å². The van der Waals surface area contributed by atoms with Gasteiger partial charge in [0.15, 0.2) is 0 Å². The molecule has 1 atom stereocenters. The SMILES string of the molecule is O=C1NC(=O)C2(C(=O)N1)C(c1ccc(Cl)cc1)C(Br)=NN2c1ccccc1. The summed E-state index contributed by atoms with van der Waals surface area (Å²) in [6.07, 6.45) is 0. The zero-order valence-electron chi connectivity index (χ0n) is 13.6. The predicted molar refractivity (Wildman–Crippen MR) is 104 cm³/mol. The van der Waals surface area contributed by atoms with Gasteiger partial charge in [-0.25, -0.2) is 9.80 Å². The highest BCUT2D eigenvalue weighted by Gasteiger charge is 2.65. The number of hydrogen-bond acceptors (Lipinski definition) is 5. The molecule has 0 radical (unpaired) electrons. The minimum Gasteiger partial charge on any atom is -0.275 e. The number of nitrogens with zero attached hydrogens (tertiary/aromatic N) is 2. The molecule has 0 saturated carbocycles. The Labute approximate surface area is 167 Å². The highest BCUT2D eigenvalue weighted by molar-refractivity contribution is 9.18. The summed E-state index contributed by atoms with van der Waals surface area (Å²) < 4.78 is 0.383. The third-order valence-electron chi connectivity index (χ3n) is 4.54. The Morgan fingerprint density at radius 2 is 1.56 bits per heavy atom. The fourth-order valence-corrected chi connectivity index (χ4v) is 4.26. The molecule has 7 nitrogen and oxygen atoms in total. The Morgan fingerprint density at radius 3 is 2.15 bits per heavy atom. The van der Waals surface area contributed by atoms with Gasteiger partial charge >= 0.3 is 6.03 Å². The third kappa shape index (κ3) is 2.64. The summed E-state index contributed by atoms with van der Waals surface area (Å²) in [7, 11) is 0. The Hall–Kier alpha value is -2.71. The largest absolute Gasteiger partial charge is 0.328 e. The van der Waals surface area contributed by atoms with Gasteiger partial charge < -0.3 is 0 Å². The van der Waals surface area contributed by atoms with Crippen LogP contribution in [-0.2, 0) is 9.59 Å². The van der Waals surface area contributed by atoms with Crippen molar-refractivity contribution in [2.45, 2.75) is 11.5 Å². The Kier molecular flexibility index (Phi) is 4.24. The number of carbonyl (C=O) groups excluding carboxylic acids is 3. The maximum absolute atomic E-state index is 13.1. The average molecular weight is 448 g/mol. The van der Waals surface area contributed by atoms with E-state index in [0.717, 1.165) is 0 Å². The van der Waals surface area contributed by atoms with Gasteiger partial charge in [0.25, 0.3) is 11.8 Å². The molecular weight excluding hydrogens is 436 g/mol. The molecule has 2 aliphatic heterocycles. The van der Waals surface area contributed by atoms with Crippen molar-refractivity contribution in [2.75, 3.05) is 5.01 Å². The summed E-state index contributed by atoms with van der Waals surface area (Å²) in [6, 6.07) is 14.7. The van der Waals surface area contributed by atoms with Crippen molar-refractivity contribution in [1.82, 2.24) is 10.6 Å². The molecule has 1 saturated heterocycles. The molecule has 27 heavy (non-hydrogen) atoms. The van der Waals surface area contributed by atoms with Crippen molar-refractivity contribution in [3.8, 4) is 0 Å². The van der Waals surface area contributed by atoms with Crippen molar-refractivity contribution < 1.29 is 14.4 Å². The lowest BCUT2D eigenvalue weighted by atomic mass is 9.77. The van der Waals surface area contributed by atoms with Crippen LogP contribution in [-0.4, -0.2) is 28.0 Å². The molecule has 1 unspecified atom stereocenters. The van der Waals surface area contributed by atoms with Crippen molar-refractivity contribution in [2.24, 2.45) is 5.10 Å². The minimum atomic E-state index is -1.80. The molecule has 9 heteroatoms. The summed E-state index contributed by atoms with van der Waals surface area (Å²) in [5.74, 6) is -2.28. The van der Waals surface area contributed by atoms with Gasteiger partial charge in [0.1, 0.15) is 4.62 Å². The van der Waals surface area contributed by atoms with Crippen LogP contribution in [0.25, 0.3) is 0 Å². The van der Waals surface area contributed by atoms with Gasteiger partial charge in [-0.05, 0) is 45.8 Å². The van der Waals surface area contributed by atoms with E-state index >= 15 is 0 Å². The number of benzene rings is 2. The molecule has 2 aromatic carbocycles. The van der Waals surface area contributed by atoms with E-state index in [2.05, 4.69) is 31.7 Å². The molecule has 0 aromatic heterocycles. The third-order valence-corrected chi connectivity index (χ3v) is 5.40. The van der Waals surface area contributed by atoms with Crippen molar-refractivity contribution in [1.29, 1.82) is 0 Å².